The van der Waals surface area contributed by atoms with E-state index in [9.17, 15) is 4.79 Å². The van der Waals surface area contributed by atoms with Crippen molar-refractivity contribution in [3.8, 4) is 5.75 Å². The van der Waals surface area contributed by atoms with E-state index in [1.54, 1.807) is 7.11 Å². The molecule has 0 saturated heterocycles. The van der Waals surface area contributed by atoms with Crippen LogP contribution in [-0.2, 0) is 37.7 Å². The topological polar surface area (TPSA) is 86.0 Å². The van der Waals surface area contributed by atoms with Crippen LogP contribution in [0, 0.1) is 20.0 Å². The molecule has 0 unspecified atom stereocenters. The molecule has 0 spiro atoms. The quantitative estimate of drug-likeness (QED) is 0.319. The van der Waals surface area contributed by atoms with Crippen LogP contribution in [-0.4, -0.2) is 12.9 Å². The molecule has 0 amide bonds. The van der Waals surface area contributed by atoms with E-state index in [1.165, 1.54) is 5.56 Å². The summed E-state index contributed by atoms with van der Waals surface area (Å²) >= 11 is 0. The SMILES string of the molecule is COc1ccc(/C=C2\CCCc3ccccc3C2=O)cc1.[C-]#[O+].[C-]#[O+].[C-]#[O+].[Cr]. The molecule has 0 atom stereocenters. The maximum absolute atomic E-state index is 12.7. The molecule has 2 aromatic carbocycles. The minimum absolute atomic E-state index is 0. The second-order valence-electron chi connectivity index (χ2n) is 5.28. The Hall–Kier alpha value is -2.60. The van der Waals surface area contributed by atoms with Gasteiger partial charge in [0.1, 0.15) is 5.75 Å². The third-order valence-electron chi connectivity index (χ3n) is 3.90. The smallest absolute Gasteiger partial charge is 0 e. The summed E-state index contributed by atoms with van der Waals surface area (Å²) in [6.07, 6.45) is 4.83. The predicted octanol–water partition coefficient (Wildman–Crippen LogP) is 4.18. The molecule has 142 valence electrons. The first kappa shape index (κ1) is 27.6. The van der Waals surface area contributed by atoms with Gasteiger partial charge in [-0.15, -0.1) is 0 Å². The van der Waals surface area contributed by atoms with E-state index >= 15 is 0 Å². The molecular weight excluding hydrogens is 396 g/mol. The van der Waals surface area contributed by atoms with E-state index in [4.69, 9.17) is 18.7 Å². The van der Waals surface area contributed by atoms with E-state index in [-0.39, 0.29) is 23.1 Å². The van der Waals surface area contributed by atoms with Gasteiger partial charge in [-0.05, 0) is 48.6 Å². The van der Waals surface area contributed by atoms with E-state index in [0.29, 0.717) is 0 Å². The van der Waals surface area contributed by atoms with E-state index in [0.717, 1.165) is 41.7 Å². The van der Waals surface area contributed by atoms with Crippen molar-refractivity contribution < 1.29 is 40.8 Å². The van der Waals surface area contributed by atoms with Gasteiger partial charge >= 0.3 is 33.9 Å². The van der Waals surface area contributed by atoms with Crippen LogP contribution >= 0.6 is 0 Å². The van der Waals surface area contributed by atoms with Crippen molar-refractivity contribution in [1.29, 1.82) is 0 Å². The maximum atomic E-state index is 12.7. The number of Topliss-reactive ketones (excluding diaryl/α,β-unsaturated/α-hetero) is 1. The normalized spacial score (nSPS) is 12.5. The summed E-state index contributed by atoms with van der Waals surface area (Å²) in [7, 11) is 1.65. The summed E-state index contributed by atoms with van der Waals surface area (Å²) in [5.41, 5.74) is 3.96. The number of benzene rings is 2. The molecule has 0 aromatic heterocycles. The molecule has 0 heterocycles. The monoisotopic (exact) mass is 414 g/mol. The van der Waals surface area contributed by atoms with Gasteiger partial charge in [0, 0.05) is 28.5 Å². The second-order valence-corrected chi connectivity index (χ2v) is 5.28. The molecule has 28 heavy (non-hydrogen) atoms. The summed E-state index contributed by atoms with van der Waals surface area (Å²) in [6, 6.07) is 15.7. The summed E-state index contributed by atoms with van der Waals surface area (Å²) < 4.78 is 27.7. The predicted molar refractivity (Wildman–Crippen MR) is 96.5 cm³/mol. The van der Waals surface area contributed by atoms with Gasteiger partial charge in [0.05, 0.1) is 7.11 Å². The summed E-state index contributed by atoms with van der Waals surface area (Å²) in [5, 5.41) is 0. The Labute approximate surface area is 175 Å². The fourth-order valence-corrected chi connectivity index (χ4v) is 2.75. The molecule has 2 aromatic rings. The number of allylic oxidation sites excluding steroid dienone is 1. The van der Waals surface area contributed by atoms with Crippen LogP contribution in [0.25, 0.3) is 6.08 Å². The van der Waals surface area contributed by atoms with E-state index in [1.807, 2.05) is 48.5 Å². The molecule has 5 nitrogen and oxygen atoms in total. The molecule has 0 bridgehead atoms. The third-order valence-corrected chi connectivity index (χ3v) is 3.90. The molecule has 0 aliphatic heterocycles. The number of ketones is 1. The van der Waals surface area contributed by atoms with Crippen LogP contribution in [0.15, 0.2) is 54.1 Å². The zero-order chi connectivity index (χ0) is 20.7. The Bertz CT molecular complexity index is 803. The summed E-state index contributed by atoms with van der Waals surface area (Å²) in [4.78, 5) is 12.7. The van der Waals surface area contributed by atoms with Crippen molar-refractivity contribution in [1.82, 2.24) is 0 Å². The van der Waals surface area contributed by atoms with Crippen molar-refractivity contribution in [2.45, 2.75) is 19.3 Å². The van der Waals surface area contributed by atoms with Crippen molar-refractivity contribution in [3.05, 3.63) is 90.7 Å². The van der Waals surface area contributed by atoms with Crippen molar-refractivity contribution >= 4 is 11.9 Å². The maximum Gasteiger partial charge on any atom is 0 e. The van der Waals surface area contributed by atoms with Gasteiger partial charge in [0.15, 0.2) is 5.78 Å². The first-order valence-corrected chi connectivity index (χ1v) is 7.86. The fraction of sp³-hybridized carbons (Fsp3) is 0.182. The van der Waals surface area contributed by atoms with Gasteiger partial charge in [0.2, 0.25) is 0 Å². The number of hydrogen-bond donors (Lipinski definition) is 0. The van der Waals surface area contributed by atoms with Crippen LogP contribution in [0.5, 0.6) is 5.75 Å². The number of ether oxygens (including phenoxy) is 1. The summed E-state index contributed by atoms with van der Waals surface area (Å²) in [5.74, 6) is 0.994. The van der Waals surface area contributed by atoms with Gasteiger partial charge in [-0.25, -0.2) is 0 Å². The molecule has 0 N–H and O–H groups in total. The Kier molecular flexibility index (Phi) is 16.3. The first-order valence-electron chi connectivity index (χ1n) is 7.86. The standard InChI is InChI=1S/C19H18O2.3CO.Cr/c1-21-17-11-9-14(10-12-17)13-16-7-4-6-15-5-2-3-8-18(15)19(16)20;3*1-2;/h2-3,5,8-13H,4,6-7H2,1H3;;;;/b16-13+;;;;. The van der Waals surface area contributed by atoms with Gasteiger partial charge in [-0.3, -0.25) is 4.79 Å². The second kappa shape index (κ2) is 16.6. The largest absolute Gasteiger partial charge is 0 e. The van der Waals surface area contributed by atoms with Crippen LogP contribution in [0.2, 0.25) is 0 Å². The number of hydrogen-bond acceptors (Lipinski definition) is 2. The average molecular weight is 414 g/mol. The van der Waals surface area contributed by atoms with Gasteiger partial charge in [0.25, 0.3) is 0 Å². The fourth-order valence-electron chi connectivity index (χ4n) is 2.75. The van der Waals surface area contributed by atoms with E-state index in [2.05, 4.69) is 26.0 Å². The Balaban J connectivity index is 0. The number of methoxy groups -OCH3 is 1. The third kappa shape index (κ3) is 7.96. The molecule has 1 aliphatic rings. The number of carbonyl (C=O) groups excluding carboxylic acids is 1. The van der Waals surface area contributed by atoms with Crippen molar-refractivity contribution in [2.75, 3.05) is 7.11 Å². The average Bonchev–Trinajstić information content (AvgIpc) is 2.92. The minimum Gasteiger partial charge on any atom is 0 e. The Morgan fingerprint density at radius 2 is 1.46 bits per heavy atom. The van der Waals surface area contributed by atoms with Gasteiger partial charge < -0.3 is 4.74 Å². The summed E-state index contributed by atoms with van der Waals surface area (Å²) in [6.45, 7) is 13.5. The van der Waals surface area contributed by atoms with Crippen LogP contribution < -0.4 is 4.74 Å². The van der Waals surface area contributed by atoms with Crippen molar-refractivity contribution in [2.24, 2.45) is 0 Å². The minimum atomic E-state index is 0. The molecule has 0 saturated carbocycles. The van der Waals surface area contributed by atoms with Gasteiger partial charge in [-0.1, -0.05) is 36.4 Å². The molecule has 1 aliphatic carbocycles. The van der Waals surface area contributed by atoms with Gasteiger partial charge in [-0.2, -0.15) is 0 Å². The van der Waals surface area contributed by atoms with Crippen molar-refractivity contribution in [3.63, 3.8) is 0 Å². The number of rotatable bonds is 2. The molecule has 0 fully saturated rings. The molecule has 6 heteroatoms. The number of carbonyl (C=O) groups is 1. The molecular formula is C22H18CrO5. The zero-order valence-corrected chi connectivity index (χ0v) is 16.5. The Morgan fingerprint density at radius 3 is 2.04 bits per heavy atom. The number of fused-ring (bicyclic) bond motifs is 1. The van der Waals surface area contributed by atoms with E-state index < -0.39 is 0 Å². The van der Waals surface area contributed by atoms with Crippen LogP contribution in [0.1, 0.15) is 34.3 Å². The van der Waals surface area contributed by atoms with Crippen LogP contribution in [0.3, 0.4) is 0 Å². The zero-order valence-electron chi connectivity index (χ0n) is 15.3. The first-order chi connectivity index (χ1) is 13.3. The van der Waals surface area contributed by atoms with Crippen LogP contribution in [0.4, 0.5) is 0 Å². The Morgan fingerprint density at radius 1 is 0.893 bits per heavy atom. The molecule has 0 radical (unpaired) electrons. The number of aryl methyl sites for hydroxylation is 1. The molecule has 3 rings (SSSR count).